The number of aromatic nitrogens is 4. The third-order valence-electron chi connectivity index (χ3n) is 5.26. The van der Waals surface area contributed by atoms with Gasteiger partial charge < -0.3 is 15.0 Å². The minimum Gasteiger partial charge on any atom is -0.497 e. The number of halogens is 1. The van der Waals surface area contributed by atoms with Crippen LogP contribution in [0.4, 0.5) is 10.1 Å². The number of carbonyl (C=O) groups is 1. The Bertz CT molecular complexity index is 1440. The van der Waals surface area contributed by atoms with Gasteiger partial charge in [-0.25, -0.2) is 14.1 Å². The largest absolute Gasteiger partial charge is 0.497 e. The number of hydrogen-bond acceptors (Lipinski definition) is 4. The number of methoxy groups -OCH3 is 1. The van der Waals surface area contributed by atoms with E-state index in [1.807, 2.05) is 30.3 Å². The van der Waals surface area contributed by atoms with E-state index in [0.29, 0.717) is 23.5 Å². The summed E-state index contributed by atoms with van der Waals surface area (Å²) in [5.74, 6) is 0.805. The van der Waals surface area contributed by atoms with Crippen LogP contribution in [0.3, 0.4) is 0 Å². The second-order valence-corrected chi connectivity index (χ2v) is 7.48. The van der Waals surface area contributed by atoms with Crippen LogP contribution in [0, 0.1) is 5.82 Å². The minimum atomic E-state index is -0.326. The standard InChI is InChI=1S/C25H20FN5O2/c1-33-19-9-7-18(8-10-19)31-13-12-22(30-31)25(32)27-17-6-11-21-23(15-17)29-24(28-21)14-16-4-2-3-5-20(16)26/h2-13,15H,14H2,1H3,(H,27,32)(H,28,29). The van der Waals surface area contributed by atoms with E-state index in [0.717, 1.165) is 22.5 Å². The van der Waals surface area contributed by atoms with E-state index >= 15 is 0 Å². The lowest BCUT2D eigenvalue weighted by Crippen LogP contribution is -2.13. The van der Waals surface area contributed by atoms with Crippen LogP contribution in [-0.4, -0.2) is 32.8 Å². The minimum absolute atomic E-state index is 0.264. The molecular weight excluding hydrogens is 421 g/mol. The lowest BCUT2D eigenvalue weighted by atomic mass is 10.1. The summed E-state index contributed by atoms with van der Waals surface area (Å²) >= 11 is 0. The maximum Gasteiger partial charge on any atom is 0.276 e. The van der Waals surface area contributed by atoms with Gasteiger partial charge in [0.05, 0.1) is 23.8 Å². The van der Waals surface area contributed by atoms with E-state index in [4.69, 9.17) is 4.74 Å². The normalized spacial score (nSPS) is 11.0. The molecule has 5 rings (SSSR count). The Hall–Kier alpha value is -4.46. The molecule has 0 fully saturated rings. The Kier molecular flexibility index (Phi) is 5.32. The number of H-pyrrole nitrogens is 1. The number of ether oxygens (including phenoxy) is 1. The first kappa shape index (κ1) is 20.4. The van der Waals surface area contributed by atoms with Crippen LogP contribution in [0.5, 0.6) is 5.75 Å². The molecule has 0 atom stereocenters. The predicted octanol–water partition coefficient (Wildman–Crippen LogP) is 4.74. The number of carbonyl (C=O) groups excluding carboxylic acids is 1. The lowest BCUT2D eigenvalue weighted by molar-refractivity contribution is 0.102. The SMILES string of the molecule is COc1ccc(-n2ccc(C(=O)Nc3ccc4nc(Cc5ccccc5F)[nH]c4c3)n2)cc1. The summed E-state index contributed by atoms with van der Waals surface area (Å²) in [4.78, 5) is 20.4. The van der Waals surface area contributed by atoms with Gasteiger partial charge in [0.2, 0.25) is 0 Å². The summed E-state index contributed by atoms with van der Waals surface area (Å²) in [6.45, 7) is 0. The van der Waals surface area contributed by atoms with E-state index < -0.39 is 0 Å². The fraction of sp³-hybridized carbons (Fsp3) is 0.0800. The fourth-order valence-electron chi connectivity index (χ4n) is 3.57. The van der Waals surface area contributed by atoms with E-state index in [1.54, 1.807) is 54.4 Å². The van der Waals surface area contributed by atoms with E-state index in [9.17, 15) is 9.18 Å². The van der Waals surface area contributed by atoms with Gasteiger partial charge in [-0.05, 0) is 60.2 Å². The quantitative estimate of drug-likeness (QED) is 0.399. The van der Waals surface area contributed by atoms with E-state index in [-0.39, 0.29) is 17.4 Å². The van der Waals surface area contributed by atoms with Crippen molar-refractivity contribution in [2.24, 2.45) is 0 Å². The van der Waals surface area contributed by atoms with Crippen molar-refractivity contribution in [2.45, 2.75) is 6.42 Å². The molecule has 164 valence electrons. The van der Waals surface area contributed by atoms with Gasteiger partial charge in [0, 0.05) is 18.3 Å². The third kappa shape index (κ3) is 4.31. The summed E-state index contributed by atoms with van der Waals surface area (Å²) in [5, 5.41) is 7.22. The van der Waals surface area contributed by atoms with E-state index in [1.165, 1.54) is 6.07 Å². The molecule has 0 aliphatic carbocycles. The molecule has 0 spiro atoms. The Morgan fingerprint density at radius 2 is 1.91 bits per heavy atom. The molecule has 8 heteroatoms. The number of rotatable bonds is 6. The molecule has 33 heavy (non-hydrogen) atoms. The molecule has 0 aliphatic rings. The highest BCUT2D eigenvalue weighted by Crippen LogP contribution is 2.20. The summed E-state index contributed by atoms with van der Waals surface area (Å²) in [6, 6.07) is 21.0. The Morgan fingerprint density at radius 3 is 2.70 bits per heavy atom. The number of imidazole rings is 1. The van der Waals surface area contributed by atoms with Crippen molar-refractivity contribution in [3.05, 3.63) is 102 Å². The van der Waals surface area contributed by atoms with Crippen LogP contribution in [0.25, 0.3) is 16.7 Å². The molecule has 0 unspecified atom stereocenters. The molecule has 7 nitrogen and oxygen atoms in total. The van der Waals surface area contributed by atoms with Crippen molar-refractivity contribution in [2.75, 3.05) is 12.4 Å². The molecule has 0 saturated carbocycles. The van der Waals surface area contributed by atoms with Gasteiger partial charge in [0.15, 0.2) is 5.69 Å². The van der Waals surface area contributed by atoms with Gasteiger partial charge >= 0.3 is 0 Å². The zero-order valence-electron chi connectivity index (χ0n) is 17.7. The average molecular weight is 441 g/mol. The summed E-state index contributed by atoms with van der Waals surface area (Å²) in [7, 11) is 1.61. The molecular formula is C25H20FN5O2. The monoisotopic (exact) mass is 441 g/mol. The van der Waals surface area contributed by atoms with Gasteiger partial charge in [-0.2, -0.15) is 5.10 Å². The number of aromatic amines is 1. The predicted molar refractivity (Wildman–Crippen MR) is 123 cm³/mol. The molecule has 2 N–H and O–H groups in total. The van der Waals surface area contributed by atoms with Crippen LogP contribution in [-0.2, 0) is 6.42 Å². The number of nitrogens with one attached hydrogen (secondary N) is 2. The fourth-order valence-corrected chi connectivity index (χ4v) is 3.57. The molecule has 2 heterocycles. The molecule has 0 bridgehead atoms. The number of benzene rings is 3. The maximum absolute atomic E-state index is 13.9. The zero-order chi connectivity index (χ0) is 22.8. The maximum atomic E-state index is 13.9. The van der Waals surface area contributed by atoms with Crippen LogP contribution in [0.2, 0.25) is 0 Å². The lowest BCUT2D eigenvalue weighted by Gasteiger charge is -2.04. The Balaban J connectivity index is 1.31. The molecule has 0 saturated heterocycles. The van der Waals surface area contributed by atoms with Crippen LogP contribution >= 0.6 is 0 Å². The third-order valence-corrected chi connectivity index (χ3v) is 5.26. The first-order valence-corrected chi connectivity index (χ1v) is 10.3. The number of hydrogen-bond donors (Lipinski definition) is 2. The molecule has 5 aromatic rings. The molecule has 1 amide bonds. The van der Waals surface area contributed by atoms with Crippen molar-refractivity contribution >= 4 is 22.6 Å². The number of nitrogens with zero attached hydrogens (tertiary/aromatic N) is 3. The smallest absolute Gasteiger partial charge is 0.276 e. The van der Waals surface area contributed by atoms with Gasteiger partial charge in [-0.3, -0.25) is 4.79 Å². The summed E-state index contributed by atoms with van der Waals surface area (Å²) in [5.41, 5.74) is 3.77. The summed E-state index contributed by atoms with van der Waals surface area (Å²) < 4.78 is 20.7. The van der Waals surface area contributed by atoms with Gasteiger partial charge in [-0.15, -0.1) is 0 Å². The number of anilines is 1. The number of amides is 1. The first-order valence-electron chi connectivity index (χ1n) is 10.3. The van der Waals surface area contributed by atoms with Gasteiger partial charge in [0.1, 0.15) is 17.4 Å². The van der Waals surface area contributed by atoms with Crippen molar-refractivity contribution in [3.8, 4) is 11.4 Å². The first-order chi connectivity index (χ1) is 16.1. The highest BCUT2D eigenvalue weighted by atomic mass is 19.1. The van der Waals surface area contributed by atoms with Crippen LogP contribution in [0.15, 0.2) is 79.0 Å². The van der Waals surface area contributed by atoms with E-state index in [2.05, 4.69) is 20.4 Å². The van der Waals surface area contributed by atoms with Crippen molar-refractivity contribution in [1.82, 2.24) is 19.7 Å². The highest BCUT2D eigenvalue weighted by Gasteiger charge is 2.12. The molecule has 0 radical (unpaired) electrons. The van der Waals surface area contributed by atoms with Gasteiger partial charge in [-0.1, -0.05) is 18.2 Å². The Labute approximate surface area is 188 Å². The van der Waals surface area contributed by atoms with Crippen molar-refractivity contribution in [1.29, 1.82) is 0 Å². The Morgan fingerprint density at radius 1 is 1.09 bits per heavy atom. The second-order valence-electron chi connectivity index (χ2n) is 7.48. The topological polar surface area (TPSA) is 84.8 Å². The molecule has 3 aromatic carbocycles. The highest BCUT2D eigenvalue weighted by molar-refractivity contribution is 6.03. The molecule has 0 aliphatic heterocycles. The zero-order valence-corrected chi connectivity index (χ0v) is 17.7. The van der Waals surface area contributed by atoms with Crippen LogP contribution in [0.1, 0.15) is 21.9 Å². The van der Waals surface area contributed by atoms with Gasteiger partial charge in [0.25, 0.3) is 5.91 Å². The van der Waals surface area contributed by atoms with Crippen molar-refractivity contribution in [3.63, 3.8) is 0 Å². The van der Waals surface area contributed by atoms with Crippen LogP contribution < -0.4 is 10.1 Å². The molecule has 2 aromatic heterocycles. The summed E-state index contributed by atoms with van der Waals surface area (Å²) in [6.07, 6.45) is 2.08. The van der Waals surface area contributed by atoms with Crippen molar-refractivity contribution < 1.29 is 13.9 Å². The second kappa shape index (κ2) is 8.58. The number of fused-ring (bicyclic) bond motifs is 1. The average Bonchev–Trinajstić information content (AvgIpc) is 3.48.